The van der Waals surface area contributed by atoms with Crippen molar-refractivity contribution in [2.75, 3.05) is 18.4 Å². The van der Waals surface area contributed by atoms with Gasteiger partial charge in [-0.3, -0.25) is 4.79 Å². The molecule has 2 N–H and O–H groups in total. The Bertz CT molecular complexity index is 905. The van der Waals surface area contributed by atoms with Crippen LogP contribution in [0.15, 0.2) is 42.9 Å². The fourth-order valence-electron chi connectivity index (χ4n) is 3.63. The van der Waals surface area contributed by atoms with Crippen molar-refractivity contribution in [3.05, 3.63) is 54.0 Å². The third-order valence-electron chi connectivity index (χ3n) is 5.00. The lowest BCUT2D eigenvalue weighted by atomic mass is 10.1. The summed E-state index contributed by atoms with van der Waals surface area (Å²) in [7, 11) is 0. The summed E-state index contributed by atoms with van der Waals surface area (Å²) in [6.45, 7) is 4.32. The second-order valence-corrected chi connectivity index (χ2v) is 6.82. The molecule has 0 bridgehead atoms. The Labute approximate surface area is 152 Å². The Balaban J connectivity index is 1.41. The summed E-state index contributed by atoms with van der Waals surface area (Å²) in [5, 5.41) is 4.50. The van der Waals surface area contributed by atoms with Gasteiger partial charge >= 0.3 is 0 Å². The van der Waals surface area contributed by atoms with E-state index >= 15 is 0 Å². The second kappa shape index (κ2) is 7.15. The van der Waals surface area contributed by atoms with Crippen LogP contribution in [0.1, 0.15) is 24.5 Å². The van der Waals surface area contributed by atoms with Crippen LogP contribution < -0.4 is 5.32 Å². The number of anilines is 1. The van der Waals surface area contributed by atoms with Crippen molar-refractivity contribution in [1.29, 1.82) is 0 Å². The highest BCUT2D eigenvalue weighted by Gasteiger charge is 2.29. The number of hydrogen-bond acceptors (Lipinski definition) is 4. The number of fused-ring (bicyclic) bond motifs is 1. The molecule has 1 fully saturated rings. The lowest BCUT2D eigenvalue weighted by Crippen LogP contribution is -2.25. The van der Waals surface area contributed by atoms with E-state index in [2.05, 4.69) is 39.3 Å². The van der Waals surface area contributed by atoms with Crippen LogP contribution in [0.3, 0.4) is 0 Å². The smallest absolute Gasteiger partial charge is 0.223 e. The minimum absolute atomic E-state index is 0.226. The number of H-pyrrole nitrogens is 1. The normalized spacial score (nSPS) is 17.2. The van der Waals surface area contributed by atoms with Crippen LogP contribution in [0, 0.1) is 5.92 Å². The Morgan fingerprint density at radius 1 is 1.27 bits per heavy atom. The number of hydrogen-bond donors (Lipinski definition) is 2. The summed E-state index contributed by atoms with van der Waals surface area (Å²) in [5.41, 5.74) is 3.23. The van der Waals surface area contributed by atoms with Crippen molar-refractivity contribution >= 4 is 22.8 Å². The van der Waals surface area contributed by atoms with Crippen LogP contribution in [-0.4, -0.2) is 38.8 Å². The molecule has 0 spiro atoms. The predicted octanol–water partition coefficient (Wildman–Crippen LogP) is 2.98. The standard InChI is InChI=1S/C20H23N5O/c1-2-16-10-22-20-18(16)19(23-13-24-20)21-9-15-8-17(26)25(12-15)11-14-6-4-3-5-7-14/h3-7,10,13,15H,2,8-9,11-12H2,1H3,(H2,21,22,23,24). The van der Waals surface area contributed by atoms with E-state index in [0.29, 0.717) is 18.9 Å². The molecule has 6 heteroatoms. The zero-order valence-electron chi connectivity index (χ0n) is 14.9. The SMILES string of the molecule is CCc1c[nH]c2ncnc(NCC3CC(=O)N(Cc4ccccc4)C3)c12. The molecule has 6 nitrogen and oxygen atoms in total. The van der Waals surface area contributed by atoms with Gasteiger partial charge in [-0.1, -0.05) is 37.3 Å². The number of carbonyl (C=O) groups excluding carboxylic acids is 1. The maximum absolute atomic E-state index is 12.3. The summed E-state index contributed by atoms with van der Waals surface area (Å²) in [5.74, 6) is 1.37. The van der Waals surface area contributed by atoms with Gasteiger partial charge in [-0.15, -0.1) is 0 Å². The fraction of sp³-hybridized carbons (Fsp3) is 0.350. The maximum Gasteiger partial charge on any atom is 0.223 e. The molecule has 2 aromatic heterocycles. The van der Waals surface area contributed by atoms with Gasteiger partial charge in [0.1, 0.15) is 17.8 Å². The third kappa shape index (κ3) is 3.27. The first kappa shape index (κ1) is 16.6. The quantitative estimate of drug-likeness (QED) is 0.717. The van der Waals surface area contributed by atoms with E-state index < -0.39 is 0 Å². The molecule has 3 aromatic rings. The molecule has 3 heterocycles. The Hall–Kier alpha value is -2.89. The molecule has 1 saturated heterocycles. The van der Waals surface area contributed by atoms with Gasteiger partial charge in [0.05, 0.1) is 5.39 Å². The maximum atomic E-state index is 12.3. The lowest BCUT2D eigenvalue weighted by Gasteiger charge is -2.17. The molecule has 134 valence electrons. The molecule has 1 aromatic carbocycles. The van der Waals surface area contributed by atoms with E-state index in [0.717, 1.165) is 36.4 Å². The minimum Gasteiger partial charge on any atom is -0.369 e. The first-order chi connectivity index (χ1) is 12.7. The van der Waals surface area contributed by atoms with Crippen LogP contribution in [0.5, 0.6) is 0 Å². The number of aryl methyl sites for hydroxylation is 1. The highest BCUT2D eigenvalue weighted by molar-refractivity contribution is 5.90. The zero-order chi connectivity index (χ0) is 17.9. The van der Waals surface area contributed by atoms with Gasteiger partial charge < -0.3 is 15.2 Å². The molecule has 0 aliphatic carbocycles. The molecule has 0 saturated carbocycles. The number of aromatic nitrogens is 3. The molecule has 0 radical (unpaired) electrons. The molecule has 1 atom stereocenters. The molecule has 26 heavy (non-hydrogen) atoms. The van der Waals surface area contributed by atoms with Gasteiger partial charge in [0.15, 0.2) is 0 Å². The molecular formula is C20H23N5O. The Morgan fingerprint density at radius 3 is 2.92 bits per heavy atom. The zero-order valence-corrected chi connectivity index (χ0v) is 14.9. The second-order valence-electron chi connectivity index (χ2n) is 6.82. The summed E-state index contributed by atoms with van der Waals surface area (Å²) in [6.07, 6.45) is 5.07. The van der Waals surface area contributed by atoms with E-state index in [4.69, 9.17) is 0 Å². The minimum atomic E-state index is 0.226. The largest absolute Gasteiger partial charge is 0.369 e. The summed E-state index contributed by atoms with van der Waals surface area (Å²) < 4.78 is 0. The highest BCUT2D eigenvalue weighted by atomic mass is 16.2. The van der Waals surface area contributed by atoms with Crippen molar-refractivity contribution in [1.82, 2.24) is 19.9 Å². The topological polar surface area (TPSA) is 73.9 Å². The number of aromatic amines is 1. The van der Waals surface area contributed by atoms with Gasteiger partial charge in [-0.05, 0) is 17.5 Å². The monoisotopic (exact) mass is 349 g/mol. The number of likely N-dealkylation sites (tertiary alicyclic amines) is 1. The summed E-state index contributed by atoms with van der Waals surface area (Å²) in [4.78, 5) is 26.2. The van der Waals surface area contributed by atoms with Crippen LogP contribution in [0.4, 0.5) is 5.82 Å². The molecule has 1 unspecified atom stereocenters. The summed E-state index contributed by atoms with van der Waals surface area (Å²) >= 11 is 0. The van der Waals surface area contributed by atoms with Crippen molar-refractivity contribution in [2.45, 2.75) is 26.3 Å². The molecule has 4 rings (SSSR count). The first-order valence-electron chi connectivity index (χ1n) is 9.11. The van der Waals surface area contributed by atoms with E-state index in [9.17, 15) is 4.79 Å². The van der Waals surface area contributed by atoms with E-state index in [1.807, 2.05) is 29.3 Å². The third-order valence-corrected chi connectivity index (χ3v) is 5.00. The first-order valence-corrected chi connectivity index (χ1v) is 9.11. The lowest BCUT2D eigenvalue weighted by molar-refractivity contribution is -0.128. The molecule has 1 aliphatic rings. The van der Waals surface area contributed by atoms with E-state index in [1.54, 1.807) is 6.33 Å². The van der Waals surface area contributed by atoms with Gasteiger partial charge in [-0.25, -0.2) is 9.97 Å². The van der Waals surface area contributed by atoms with Crippen molar-refractivity contribution < 1.29 is 4.79 Å². The molecule has 1 aliphatic heterocycles. The van der Waals surface area contributed by atoms with Gasteiger partial charge in [-0.2, -0.15) is 0 Å². The van der Waals surface area contributed by atoms with Gasteiger partial charge in [0, 0.05) is 38.2 Å². The number of carbonyl (C=O) groups is 1. The Morgan fingerprint density at radius 2 is 2.12 bits per heavy atom. The van der Waals surface area contributed by atoms with Crippen molar-refractivity contribution in [2.24, 2.45) is 5.92 Å². The number of amides is 1. The average Bonchev–Trinajstić information content (AvgIpc) is 3.24. The number of nitrogens with one attached hydrogen (secondary N) is 2. The van der Waals surface area contributed by atoms with Crippen LogP contribution in [0.25, 0.3) is 11.0 Å². The van der Waals surface area contributed by atoms with Crippen LogP contribution in [-0.2, 0) is 17.8 Å². The van der Waals surface area contributed by atoms with Crippen molar-refractivity contribution in [3.8, 4) is 0 Å². The highest BCUT2D eigenvalue weighted by Crippen LogP contribution is 2.25. The fourth-order valence-corrected chi connectivity index (χ4v) is 3.63. The predicted molar refractivity (Wildman–Crippen MR) is 102 cm³/mol. The van der Waals surface area contributed by atoms with Gasteiger partial charge in [0.25, 0.3) is 0 Å². The average molecular weight is 349 g/mol. The Kier molecular flexibility index (Phi) is 4.56. The van der Waals surface area contributed by atoms with Crippen LogP contribution >= 0.6 is 0 Å². The van der Waals surface area contributed by atoms with E-state index in [-0.39, 0.29) is 5.91 Å². The van der Waals surface area contributed by atoms with Crippen molar-refractivity contribution in [3.63, 3.8) is 0 Å². The number of rotatable bonds is 6. The number of benzene rings is 1. The van der Waals surface area contributed by atoms with Crippen LogP contribution in [0.2, 0.25) is 0 Å². The molecular weight excluding hydrogens is 326 g/mol. The van der Waals surface area contributed by atoms with Gasteiger partial charge in [0.2, 0.25) is 5.91 Å². The number of nitrogens with zero attached hydrogens (tertiary/aromatic N) is 3. The van der Waals surface area contributed by atoms with E-state index in [1.165, 1.54) is 11.1 Å². The summed E-state index contributed by atoms with van der Waals surface area (Å²) in [6, 6.07) is 10.1. The molecule has 1 amide bonds.